The van der Waals surface area contributed by atoms with Gasteiger partial charge in [-0.2, -0.15) is 0 Å². The maximum atomic E-state index is 13.2. The molecule has 1 atom stereocenters. The molecule has 8 nitrogen and oxygen atoms in total. The number of furan rings is 1. The van der Waals surface area contributed by atoms with Crippen LogP contribution in [0.1, 0.15) is 30.7 Å². The van der Waals surface area contributed by atoms with Crippen LogP contribution in [0.15, 0.2) is 64.5 Å². The zero-order valence-electron chi connectivity index (χ0n) is 19.3. The Morgan fingerprint density at radius 3 is 2.62 bits per heavy atom. The van der Waals surface area contributed by atoms with E-state index < -0.39 is 23.5 Å². The molecule has 3 heterocycles. The summed E-state index contributed by atoms with van der Waals surface area (Å²) in [6.07, 6.45) is 5.26. The average Bonchev–Trinajstić information content (AvgIpc) is 3.48. The normalized spacial score (nSPS) is 19.4. The van der Waals surface area contributed by atoms with Gasteiger partial charge in [0.25, 0.3) is 5.91 Å². The zero-order chi connectivity index (χ0) is 23.9. The molecule has 1 aromatic carbocycles. The van der Waals surface area contributed by atoms with Crippen molar-refractivity contribution in [3.8, 4) is 5.75 Å². The fourth-order valence-corrected chi connectivity index (χ4v) is 4.16. The number of amides is 1. The molecule has 2 aliphatic heterocycles. The molecule has 1 amide bonds. The van der Waals surface area contributed by atoms with Gasteiger partial charge in [-0.3, -0.25) is 14.5 Å². The summed E-state index contributed by atoms with van der Waals surface area (Å²) in [5.41, 5.74) is 0.801. The number of nitrogens with zero attached hydrogens (tertiary/aromatic N) is 2. The average molecular weight is 467 g/mol. The Balaban J connectivity index is 1.60. The van der Waals surface area contributed by atoms with Crippen molar-refractivity contribution in [2.24, 2.45) is 0 Å². The number of aliphatic hydroxyl groups is 1. The smallest absolute Gasteiger partial charge is 0.290 e. The molecule has 0 spiro atoms. The molecule has 0 saturated carbocycles. The van der Waals surface area contributed by atoms with Gasteiger partial charge in [0.1, 0.15) is 11.5 Å². The standard InChI is InChI=1S/C26H30N2O6/c1-2-15-33-21-7-5-19(6-8-21)24-23(22(29)10-9-20-4-3-16-34-20)25(30)26(31)28(24)12-11-27-13-17-32-18-14-27/h3-10,16,24,30H,2,11-15,17-18H2,1H3/b10-9+. The van der Waals surface area contributed by atoms with Crippen molar-refractivity contribution in [3.05, 3.63) is 71.4 Å². The van der Waals surface area contributed by atoms with Crippen molar-refractivity contribution in [3.63, 3.8) is 0 Å². The third-order valence-corrected chi connectivity index (χ3v) is 5.94. The molecule has 1 aromatic heterocycles. The van der Waals surface area contributed by atoms with Crippen molar-refractivity contribution in [1.29, 1.82) is 0 Å². The molecular formula is C26H30N2O6. The Morgan fingerprint density at radius 1 is 1.18 bits per heavy atom. The van der Waals surface area contributed by atoms with Gasteiger partial charge < -0.3 is 23.9 Å². The third-order valence-electron chi connectivity index (χ3n) is 5.94. The Labute approximate surface area is 199 Å². The zero-order valence-corrected chi connectivity index (χ0v) is 19.3. The van der Waals surface area contributed by atoms with Crippen LogP contribution in [0.4, 0.5) is 0 Å². The Bertz CT molecular complexity index is 1040. The minimum Gasteiger partial charge on any atom is -0.503 e. The molecule has 180 valence electrons. The number of morpholine rings is 1. The maximum absolute atomic E-state index is 13.2. The van der Waals surface area contributed by atoms with E-state index in [1.807, 2.05) is 31.2 Å². The quantitative estimate of drug-likeness (QED) is 0.537. The van der Waals surface area contributed by atoms with Gasteiger partial charge in [-0.25, -0.2) is 0 Å². The Morgan fingerprint density at radius 2 is 1.94 bits per heavy atom. The monoisotopic (exact) mass is 466 g/mol. The van der Waals surface area contributed by atoms with Crippen molar-refractivity contribution >= 4 is 17.8 Å². The first-order valence-electron chi connectivity index (χ1n) is 11.6. The fourth-order valence-electron chi connectivity index (χ4n) is 4.16. The van der Waals surface area contributed by atoms with Gasteiger partial charge in [0.05, 0.1) is 37.7 Å². The van der Waals surface area contributed by atoms with E-state index in [9.17, 15) is 14.7 Å². The van der Waals surface area contributed by atoms with Crippen LogP contribution in [0.3, 0.4) is 0 Å². The van der Waals surface area contributed by atoms with E-state index >= 15 is 0 Å². The molecular weight excluding hydrogens is 436 g/mol. The van der Waals surface area contributed by atoms with Crippen molar-refractivity contribution in [1.82, 2.24) is 9.80 Å². The van der Waals surface area contributed by atoms with Crippen LogP contribution in [-0.4, -0.2) is 72.6 Å². The molecule has 0 bridgehead atoms. The Hall–Kier alpha value is -3.36. The number of allylic oxidation sites excluding steroid dienone is 1. The summed E-state index contributed by atoms with van der Waals surface area (Å²) in [5.74, 6) is -0.261. The van der Waals surface area contributed by atoms with Crippen molar-refractivity contribution in [2.75, 3.05) is 46.0 Å². The highest BCUT2D eigenvalue weighted by Gasteiger charge is 2.42. The number of carbonyl (C=O) groups excluding carboxylic acids is 2. The number of hydrogen-bond donors (Lipinski definition) is 1. The summed E-state index contributed by atoms with van der Waals surface area (Å²) in [7, 11) is 0. The van der Waals surface area contributed by atoms with E-state index in [0.29, 0.717) is 44.4 Å². The van der Waals surface area contributed by atoms with Crippen molar-refractivity contribution < 1.29 is 28.6 Å². The summed E-state index contributed by atoms with van der Waals surface area (Å²) >= 11 is 0. The van der Waals surface area contributed by atoms with Gasteiger partial charge in [-0.05, 0) is 48.4 Å². The fraction of sp³-hybridized carbons (Fsp3) is 0.385. The van der Waals surface area contributed by atoms with E-state index in [1.54, 1.807) is 17.0 Å². The largest absolute Gasteiger partial charge is 0.503 e. The second kappa shape index (κ2) is 11.2. The molecule has 1 N–H and O–H groups in total. The van der Waals surface area contributed by atoms with Crippen LogP contribution in [0.25, 0.3) is 6.08 Å². The van der Waals surface area contributed by atoms with E-state index in [0.717, 1.165) is 25.1 Å². The molecule has 1 fully saturated rings. The lowest BCUT2D eigenvalue weighted by atomic mass is 9.95. The lowest BCUT2D eigenvalue weighted by Crippen LogP contribution is -2.43. The molecule has 1 unspecified atom stereocenters. The van der Waals surface area contributed by atoms with Crippen LogP contribution in [-0.2, 0) is 14.3 Å². The summed E-state index contributed by atoms with van der Waals surface area (Å²) in [6.45, 7) is 6.52. The minimum absolute atomic E-state index is 0.0667. The number of benzene rings is 1. The first kappa shape index (κ1) is 23.8. The molecule has 0 aliphatic carbocycles. The lowest BCUT2D eigenvalue weighted by molar-refractivity contribution is -0.129. The van der Waals surface area contributed by atoms with E-state index in [-0.39, 0.29) is 5.57 Å². The SMILES string of the molecule is CCCOc1ccc(C2C(C(=O)/C=C/c3ccco3)=C(O)C(=O)N2CCN2CCOCC2)cc1. The van der Waals surface area contributed by atoms with E-state index in [1.165, 1.54) is 18.4 Å². The topological polar surface area (TPSA) is 92.5 Å². The van der Waals surface area contributed by atoms with Crippen molar-refractivity contribution in [2.45, 2.75) is 19.4 Å². The molecule has 4 rings (SSSR count). The molecule has 34 heavy (non-hydrogen) atoms. The van der Waals surface area contributed by atoms with Crippen LogP contribution in [0.2, 0.25) is 0 Å². The highest BCUT2D eigenvalue weighted by molar-refractivity contribution is 6.14. The lowest BCUT2D eigenvalue weighted by Gasteiger charge is -2.31. The van der Waals surface area contributed by atoms with Gasteiger partial charge in [0.2, 0.25) is 0 Å². The first-order valence-corrected chi connectivity index (χ1v) is 11.6. The second-order valence-corrected chi connectivity index (χ2v) is 8.25. The molecule has 2 aromatic rings. The molecule has 0 radical (unpaired) electrons. The number of aliphatic hydroxyl groups excluding tert-OH is 1. The van der Waals surface area contributed by atoms with E-state index in [2.05, 4.69) is 4.90 Å². The van der Waals surface area contributed by atoms with Crippen LogP contribution >= 0.6 is 0 Å². The third kappa shape index (κ3) is 5.40. The molecule has 8 heteroatoms. The first-order chi connectivity index (χ1) is 16.6. The summed E-state index contributed by atoms with van der Waals surface area (Å²) in [4.78, 5) is 30.0. The predicted octanol–water partition coefficient (Wildman–Crippen LogP) is 3.38. The summed E-state index contributed by atoms with van der Waals surface area (Å²) in [5, 5.41) is 10.7. The maximum Gasteiger partial charge on any atom is 0.290 e. The van der Waals surface area contributed by atoms with Gasteiger partial charge >= 0.3 is 0 Å². The van der Waals surface area contributed by atoms with Crippen LogP contribution in [0, 0.1) is 0 Å². The minimum atomic E-state index is -0.692. The number of ether oxygens (including phenoxy) is 2. The second-order valence-electron chi connectivity index (χ2n) is 8.25. The van der Waals surface area contributed by atoms with E-state index in [4.69, 9.17) is 13.9 Å². The highest BCUT2D eigenvalue weighted by atomic mass is 16.5. The van der Waals surface area contributed by atoms with Crippen LogP contribution in [0.5, 0.6) is 5.75 Å². The molecule has 1 saturated heterocycles. The van der Waals surface area contributed by atoms with Gasteiger partial charge in [0, 0.05) is 26.2 Å². The highest BCUT2D eigenvalue weighted by Crippen LogP contribution is 2.38. The van der Waals surface area contributed by atoms with Gasteiger partial charge in [-0.15, -0.1) is 0 Å². The summed E-state index contributed by atoms with van der Waals surface area (Å²) in [6, 6.07) is 10.1. The Kier molecular flexibility index (Phi) is 7.82. The predicted molar refractivity (Wildman–Crippen MR) is 126 cm³/mol. The number of rotatable bonds is 10. The van der Waals surface area contributed by atoms with Gasteiger partial charge in [-0.1, -0.05) is 19.1 Å². The summed E-state index contributed by atoms with van der Waals surface area (Å²) < 4.78 is 16.3. The van der Waals surface area contributed by atoms with Gasteiger partial charge in [0.15, 0.2) is 11.5 Å². The number of carbonyl (C=O) groups is 2. The number of ketones is 1. The molecule has 2 aliphatic rings. The van der Waals surface area contributed by atoms with Crippen LogP contribution < -0.4 is 4.74 Å². The number of hydrogen-bond acceptors (Lipinski definition) is 7.